The molecular weight excluding hydrogens is 287 g/mol. The first-order valence-electron chi connectivity index (χ1n) is 0. The van der Waals surface area contributed by atoms with E-state index in [1.54, 1.807) is 0 Å². The summed E-state index contributed by atoms with van der Waals surface area (Å²) in [4.78, 5) is 0. The van der Waals surface area contributed by atoms with Crippen molar-refractivity contribution in [2.75, 3.05) is 0 Å². The normalized spacial score (nSPS) is 0. The second-order valence-electron chi connectivity index (χ2n) is 0. The Hall–Kier alpha value is 2.58. The molecule has 0 unspecified atom stereocenters. The van der Waals surface area contributed by atoms with Crippen LogP contribution in [-0.2, 0) is 34.1 Å². The Morgan fingerprint density at radius 1 is 1.00 bits per heavy atom. The average molecular weight is 289 g/mol. The van der Waals surface area contributed by atoms with Crippen molar-refractivity contribution in [2.24, 2.45) is 0 Å². The van der Waals surface area contributed by atoms with E-state index < -0.39 is 0 Å². The molecule has 0 aliphatic rings. The molecule has 2 radical (unpaired) electrons. The van der Waals surface area contributed by atoms with E-state index in [1.807, 2.05) is 0 Å². The van der Waals surface area contributed by atoms with Crippen LogP contribution in [0, 0.1) is 49.4 Å². The molecule has 0 bridgehead atoms. The third-order valence-corrected chi connectivity index (χ3v) is 0. The van der Waals surface area contributed by atoms with Crippen molar-refractivity contribution >= 4 is 0 Å². The van der Waals surface area contributed by atoms with Crippen molar-refractivity contribution in [2.45, 2.75) is 0 Å². The SMILES string of the molecule is O.[Cu].[Eu].[Fe]. The van der Waals surface area contributed by atoms with Crippen molar-refractivity contribution in [3.63, 3.8) is 0 Å². The van der Waals surface area contributed by atoms with Crippen LogP contribution < -0.4 is 0 Å². The molecule has 2 N–H and O–H groups in total. The minimum atomic E-state index is 0. The third-order valence-electron chi connectivity index (χ3n) is 0. The van der Waals surface area contributed by atoms with Crippen LogP contribution in [0.3, 0.4) is 0 Å². The van der Waals surface area contributed by atoms with Gasteiger partial charge in [0.2, 0.25) is 0 Å². The molecule has 0 spiro atoms. The van der Waals surface area contributed by atoms with Gasteiger partial charge in [-0.15, -0.1) is 0 Å². The summed E-state index contributed by atoms with van der Waals surface area (Å²) in [6.07, 6.45) is 0. The van der Waals surface area contributed by atoms with Crippen molar-refractivity contribution in [3.05, 3.63) is 0 Å². The largest absolute Gasteiger partial charge is 0.412 e. The van der Waals surface area contributed by atoms with Gasteiger partial charge in [-0.2, -0.15) is 0 Å². The smallest absolute Gasteiger partial charge is 0 e. The molecular formula is H2CuEuFeO. The van der Waals surface area contributed by atoms with Crippen LogP contribution in [0.2, 0.25) is 0 Å². The summed E-state index contributed by atoms with van der Waals surface area (Å²) in [7, 11) is 0. The Morgan fingerprint density at radius 2 is 1.00 bits per heavy atom. The second-order valence-corrected chi connectivity index (χ2v) is 0. The Morgan fingerprint density at radius 3 is 1.00 bits per heavy atom. The van der Waals surface area contributed by atoms with Gasteiger partial charge in [-0.05, 0) is 0 Å². The fourth-order valence-electron chi connectivity index (χ4n) is 0. The molecule has 4 heavy (non-hydrogen) atoms. The van der Waals surface area contributed by atoms with Crippen LogP contribution in [-0.4, -0.2) is 5.48 Å². The van der Waals surface area contributed by atoms with E-state index >= 15 is 0 Å². The van der Waals surface area contributed by atoms with Gasteiger partial charge >= 0.3 is 0 Å². The van der Waals surface area contributed by atoms with E-state index in [2.05, 4.69) is 0 Å². The fraction of sp³-hybridized carbons (Fsp3) is 0. The fourth-order valence-corrected chi connectivity index (χ4v) is 0. The first-order chi connectivity index (χ1) is 0. The monoisotopic (exact) mass is 290 g/mol. The van der Waals surface area contributed by atoms with Crippen LogP contribution in [0.25, 0.3) is 0 Å². The van der Waals surface area contributed by atoms with Gasteiger partial charge in [0.05, 0.1) is 0 Å². The Labute approximate surface area is 87.1 Å². The molecule has 0 aromatic carbocycles. The van der Waals surface area contributed by atoms with Crippen LogP contribution in [0.1, 0.15) is 0 Å². The molecule has 0 aromatic rings. The van der Waals surface area contributed by atoms with Gasteiger partial charge in [0.15, 0.2) is 0 Å². The Balaban J connectivity index is 0. The standard InChI is InChI=1S/Cu.Eu.Fe.H2O/h;;;1H2. The topological polar surface area (TPSA) is 31.5 Å². The summed E-state index contributed by atoms with van der Waals surface area (Å²) in [5.74, 6) is 0. The van der Waals surface area contributed by atoms with E-state index in [0.717, 1.165) is 0 Å². The summed E-state index contributed by atoms with van der Waals surface area (Å²) in [5, 5.41) is 0. The van der Waals surface area contributed by atoms with E-state index in [4.69, 9.17) is 0 Å². The minimum absolute atomic E-state index is 0. The Kier molecular flexibility index (Phi) is 135. The summed E-state index contributed by atoms with van der Waals surface area (Å²) >= 11 is 0. The van der Waals surface area contributed by atoms with Gasteiger partial charge in [-0.3, -0.25) is 0 Å². The van der Waals surface area contributed by atoms with Crippen molar-refractivity contribution in [1.82, 2.24) is 0 Å². The molecule has 0 atom stereocenters. The first kappa shape index (κ1) is 30.8. The maximum absolute atomic E-state index is 0. The molecule has 0 heterocycles. The van der Waals surface area contributed by atoms with Gasteiger partial charge in [0.1, 0.15) is 0 Å². The third kappa shape index (κ3) is 8.82. The van der Waals surface area contributed by atoms with E-state index in [1.165, 1.54) is 0 Å². The number of rotatable bonds is 0. The van der Waals surface area contributed by atoms with E-state index in [9.17, 15) is 0 Å². The Bertz CT molecular complexity index is 8.00. The number of hydrogen-bond acceptors (Lipinski definition) is 0. The van der Waals surface area contributed by atoms with Crippen molar-refractivity contribution < 1.29 is 89.0 Å². The minimum Gasteiger partial charge on any atom is -0.412 e. The van der Waals surface area contributed by atoms with Crippen LogP contribution in [0.15, 0.2) is 0 Å². The zero-order chi connectivity index (χ0) is 0. The predicted octanol–water partition coefficient (Wildman–Crippen LogP) is -0.830. The van der Waals surface area contributed by atoms with Crippen molar-refractivity contribution in [1.29, 1.82) is 0 Å². The van der Waals surface area contributed by atoms with Gasteiger partial charge < -0.3 is 5.48 Å². The molecule has 0 fully saturated rings. The molecule has 4 heteroatoms. The van der Waals surface area contributed by atoms with Gasteiger partial charge in [-0.1, -0.05) is 0 Å². The molecule has 34 valence electrons. The molecule has 0 aliphatic carbocycles. The van der Waals surface area contributed by atoms with E-state index in [0.29, 0.717) is 0 Å². The first-order valence-corrected chi connectivity index (χ1v) is 0. The van der Waals surface area contributed by atoms with Gasteiger partial charge in [0, 0.05) is 83.5 Å². The molecule has 0 aliphatic heterocycles. The molecule has 0 saturated carbocycles. The molecule has 0 aromatic heterocycles. The van der Waals surface area contributed by atoms with E-state index in [-0.39, 0.29) is 89.0 Å². The second kappa shape index (κ2) is 17.6. The molecule has 1 nitrogen and oxygen atoms in total. The molecule has 0 amide bonds. The number of hydrogen-bond donors (Lipinski definition) is 0. The average Bonchev–Trinajstić information content (AvgIpc) is 0. The van der Waals surface area contributed by atoms with Crippen LogP contribution >= 0.6 is 0 Å². The summed E-state index contributed by atoms with van der Waals surface area (Å²) < 4.78 is 0. The summed E-state index contributed by atoms with van der Waals surface area (Å²) in [6, 6.07) is 0. The summed E-state index contributed by atoms with van der Waals surface area (Å²) in [6.45, 7) is 0. The maximum Gasteiger partial charge on any atom is 0 e. The quantitative estimate of drug-likeness (QED) is 0.522. The van der Waals surface area contributed by atoms with Crippen molar-refractivity contribution in [3.8, 4) is 0 Å². The summed E-state index contributed by atoms with van der Waals surface area (Å²) in [5.41, 5.74) is 0. The van der Waals surface area contributed by atoms with Gasteiger partial charge in [0.25, 0.3) is 0 Å². The van der Waals surface area contributed by atoms with Crippen LogP contribution in [0.4, 0.5) is 0 Å². The predicted molar refractivity (Wildman–Crippen MR) is 3.61 cm³/mol. The maximum atomic E-state index is 0. The van der Waals surface area contributed by atoms with Crippen LogP contribution in [0.5, 0.6) is 0 Å². The van der Waals surface area contributed by atoms with Gasteiger partial charge in [-0.25, -0.2) is 0 Å². The zero-order valence-corrected chi connectivity index (χ0v) is 6.00. The molecule has 0 rings (SSSR count). The zero-order valence-electron chi connectivity index (χ0n) is 1.53. The molecule has 0 saturated heterocycles.